The number of halogens is 1. The number of aromatic nitrogens is 1. The first-order valence-corrected chi connectivity index (χ1v) is 5.55. The number of benzene rings is 1. The first-order chi connectivity index (χ1) is 7.13. The summed E-state index contributed by atoms with van der Waals surface area (Å²) in [5.41, 5.74) is 8.26. The van der Waals surface area contributed by atoms with Gasteiger partial charge in [-0.1, -0.05) is 17.7 Å². The molecule has 0 aliphatic rings. The molecule has 0 aliphatic heterocycles. The minimum absolute atomic E-state index is 0.0520. The lowest BCUT2D eigenvalue weighted by molar-refractivity contribution is 0.674. The van der Waals surface area contributed by atoms with Crippen LogP contribution in [0.25, 0.3) is 10.9 Å². The standard InChI is InChI=1S/C12H15ClN2/c1-3-15-11(8(2)14)6-9-4-5-10(13)7-12(9)15/h4-8H,3,14H2,1-2H3. The SMILES string of the molecule is CCn1c(C(C)N)cc2ccc(Cl)cc21. The van der Waals surface area contributed by atoms with E-state index in [2.05, 4.69) is 17.6 Å². The lowest BCUT2D eigenvalue weighted by atomic mass is 10.2. The second-order valence-electron chi connectivity index (χ2n) is 3.81. The number of rotatable bonds is 2. The third-order valence-electron chi connectivity index (χ3n) is 2.68. The number of nitrogens with zero attached hydrogens (tertiary/aromatic N) is 1. The minimum atomic E-state index is 0.0520. The number of aryl methyl sites for hydroxylation is 1. The molecule has 0 aliphatic carbocycles. The Labute approximate surface area is 94.6 Å². The van der Waals surface area contributed by atoms with E-state index in [1.165, 1.54) is 5.39 Å². The monoisotopic (exact) mass is 222 g/mol. The Bertz CT molecular complexity index is 486. The maximum Gasteiger partial charge on any atom is 0.0497 e. The highest BCUT2D eigenvalue weighted by atomic mass is 35.5. The summed E-state index contributed by atoms with van der Waals surface area (Å²) in [5, 5.41) is 1.97. The Morgan fingerprint density at radius 1 is 1.40 bits per heavy atom. The summed E-state index contributed by atoms with van der Waals surface area (Å²) in [5.74, 6) is 0. The zero-order chi connectivity index (χ0) is 11.0. The molecule has 1 atom stereocenters. The first-order valence-electron chi connectivity index (χ1n) is 5.17. The second kappa shape index (κ2) is 3.87. The van der Waals surface area contributed by atoms with Crippen LogP contribution in [0.15, 0.2) is 24.3 Å². The maximum absolute atomic E-state index is 5.99. The number of fused-ring (bicyclic) bond motifs is 1. The van der Waals surface area contributed by atoms with Crippen molar-refractivity contribution in [1.29, 1.82) is 0 Å². The third-order valence-corrected chi connectivity index (χ3v) is 2.92. The maximum atomic E-state index is 5.99. The summed E-state index contributed by atoms with van der Waals surface area (Å²) in [4.78, 5) is 0. The second-order valence-corrected chi connectivity index (χ2v) is 4.24. The molecule has 0 fully saturated rings. The summed E-state index contributed by atoms with van der Waals surface area (Å²) in [6.45, 7) is 5.04. The van der Waals surface area contributed by atoms with E-state index in [-0.39, 0.29) is 6.04 Å². The zero-order valence-corrected chi connectivity index (χ0v) is 9.75. The Hall–Kier alpha value is -0.990. The lowest BCUT2D eigenvalue weighted by Crippen LogP contribution is -2.11. The van der Waals surface area contributed by atoms with Crippen molar-refractivity contribution in [2.24, 2.45) is 5.73 Å². The van der Waals surface area contributed by atoms with Crippen LogP contribution in [0.2, 0.25) is 5.02 Å². The molecule has 3 heteroatoms. The van der Waals surface area contributed by atoms with Crippen molar-refractivity contribution in [1.82, 2.24) is 4.57 Å². The van der Waals surface area contributed by atoms with E-state index in [0.29, 0.717) is 0 Å². The van der Waals surface area contributed by atoms with Crippen LogP contribution in [0.5, 0.6) is 0 Å². The van der Waals surface area contributed by atoms with Crippen molar-refractivity contribution in [2.75, 3.05) is 0 Å². The van der Waals surface area contributed by atoms with Crippen LogP contribution in [-0.2, 0) is 6.54 Å². The molecule has 2 rings (SSSR count). The van der Waals surface area contributed by atoms with Crippen LogP contribution in [0.3, 0.4) is 0 Å². The predicted molar refractivity (Wildman–Crippen MR) is 65.2 cm³/mol. The van der Waals surface area contributed by atoms with Gasteiger partial charge in [0.1, 0.15) is 0 Å². The van der Waals surface area contributed by atoms with Crippen LogP contribution < -0.4 is 5.73 Å². The van der Waals surface area contributed by atoms with Crippen LogP contribution in [0.4, 0.5) is 0 Å². The van der Waals surface area contributed by atoms with E-state index >= 15 is 0 Å². The van der Waals surface area contributed by atoms with E-state index < -0.39 is 0 Å². The molecule has 0 spiro atoms. The predicted octanol–water partition coefficient (Wildman–Crippen LogP) is 3.33. The van der Waals surface area contributed by atoms with Gasteiger partial charge in [-0.05, 0) is 32.0 Å². The van der Waals surface area contributed by atoms with Gasteiger partial charge in [0.2, 0.25) is 0 Å². The quantitative estimate of drug-likeness (QED) is 0.830. The Morgan fingerprint density at radius 3 is 2.73 bits per heavy atom. The number of hydrogen-bond acceptors (Lipinski definition) is 1. The van der Waals surface area contributed by atoms with Crippen molar-refractivity contribution in [2.45, 2.75) is 26.4 Å². The van der Waals surface area contributed by atoms with E-state index in [4.69, 9.17) is 17.3 Å². The van der Waals surface area contributed by atoms with Crippen LogP contribution in [0, 0.1) is 0 Å². The molecule has 1 aromatic carbocycles. The molecule has 0 bridgehead atoms. The molecule has 1 aromatic heterocycles. The van der Waals surface area contributed by atoms with Crippen molar-refractivity contribution in [3.63, 3.8) is 0 Å². The molecule has 15 heavy (non-hydrogen) atoms. The van der Waals surface area contributed by atoms with E-state index in [1.54, 1.807) is 0 Å². The molecule has 1 heterocycles. The fraction of sp³-hybridized carbons (Fsp3) is 0.333. The zero-order valence-electron chi connectivity index (χ0n) is 9.00. The number of hydrogen-bond donors (Lipinski definition) is 1. The highest BCUT2D eigenvalue weighted by Gasteiger charge is 2.10. The van der Waals surface area contributed by atoms with Gasteiger partial charge in [0.25, 0.3) is 0 Å². The fourth-order valence-electron chi connectivity index (χ4n) is 1.98. The number of nitrogens with two attached hydrogens (primary N) is 1. The molecule has 0 saturated heterocycles. The molecule has 0 saturated carbocycles. The van der Waals surface area contributed by atoms with Gasteiger partial charge in [0.15, 0.2) is 0 Å². The third kappa shape index (κ3) is 1.75. The van der Waals surface area contributed by atoms with Crippen molar-refractivity contribution < 1.29 is 0 Å². The van der Waals surface area contributed by atoms with Gasteiger partial charge in [-0.3, -0.25) is 0 Å². The van der Waals surface area contributed by atoms with Crippen molar-refractivity contribution >= 4 is 22.5 Å². The van der Waals surface area contributed by atoms with E-state index in [0.717, 1.165) is 22.8 Å². The molecular weight excluding hydrogens is 208 g/mol. The summed E-state index contributed by atoms with van der Waals surface area (Å²) in [6.07, 6.45) is 0. The van der Waals surface area contributed by atoms with Gasteiger partial charge in [-0.15, -0.1) is 0 Å². The molecule has 2 nitrogen and oxygen atoms in total. The van der Waals surface area contributed by atoms with Crippen molar-refractivity contribution in [3.05, 3.63) is 35.0 Å². The van der Waals surface area contributed by atoms with Gasteiger partial charge in [0, 0.05) is 34.2 Å². The Balaban J connectivity index is 2.74. The van der Waals surface area contributed by atoms with Gasteiger partial charge >= 0.3 is 0 Å². The highest BCUT2D eigenvalue weighted by Crippen LogP contribution is 2.25. The molecule has 0 radical (unpaired) electrons. The fourth-order valence-corrected chi connectivity index (χ4v) is 2.15. The highest BCUT2D eigenvalue weighted by molar-refractivity contribution is 6.31. The van der Waals surface area contributed by atoms with Gasteiger partial charge in [0.05, 0.1) is 0 Å². The largest absolute Gasteiger partial charge is 0.343 e. The molecule has 2 N–H and O–H groups in total. The average Bonchev–Trinajstić information content (AvgIpc) is 2.55. The smallest absolute Gasteiger partial charge is 0.0497 e. The van der Waals surface area contributed by atoms with Crippen LogP contribution >= 0.6 is 11.6 Å². The van der Waals surface area contributed by atoms with Gasteiger partial charge in [-0.25, -0.2) is 0 Å². The summed E-state index contributed by atoms with van der Waals surface area (Å²) in [6, 6.07) is 8.13. The Morgan fingerprint density at radius 2 is 2.13 bits per heavy atom. The lowest BCUT2D eigenvalue weighted by Gasteiger charge is -2.10. The molecule has 80 valence electrons. The van der Waals surface area contributed by atoms with Crippen LogP contribution in [-0.4, -0.2) is 4.57 Å². The molecular formula is C12H15ClN2. The molecule has 2 aromatic rings. The summed E-state index contributed by atoms with van der Waals surface area (Å²) >= 11 is 5.99. The average molecular weight is 223 g/mol. The van der Waals surface area contributed by atoms with E-state index in [1.807, 2.05) is 25.1 Å². The van der Waals surface area contributed by atoms with Crippen LogP contribution in [0.1, 0.15) is 25.6 Å². The van der Waals surface area contributed by atoms with Gasteiger partial charge in [-0.2, -0.15) is 0 Å². The summed E-state index contributed by atoms with van der Waals surface area (Å²) in [7, 11) is 0. The normalized spacial score (nSPS) is 13.3. The summed E-state index contributed by atoms with van der Waals surface area (Å²) < 4.78 is 2.21. The molecule has 0 amide bonds. The van der Waals surface area contributed by atoms with Crippen molar-refractivity contribution in [3.8, 4) is 0 Å². The first kappa shape index (κ1) is 10.5. The Kier molecular flexibility index (Phi) is 2.72. The minimum Gasteiger partial charge on any atom is -0.343 e. The van der Waals surface area contributed by atoms with Gasteiger partial charge < -0.3 is 10.3 Å². The topological polar surface area (TPSA) is 30.9 Å². The van der Waals surface area contributed by atoms with E-state index in [9.17, 15) is 0 Å². The molecule has 1 unspecified atom stereocenters.